The van der Waals surface area contributed by atoms with Crippen LogP contribution < -0.4 is 5.32 Å². The van der Waals surface area contributed by atoms with Gasteiger partial charge in [0, 0.05) is 50.7 Å². The Labute approximate surface area is 131 Å². The normalized spacial score (nSPS) is 21.7. The summed E-state index contributed by atoms with van der Waals surface area (Å²) in [6.45, 7) is 8.33. The van der Waals surface area contributed by atoms with Gasteiger partial charge < -0.3 is 19.6 Å². The fraction of sp³-hybridized carbons (Fsp3) is 0.750. The van der Waals surface area contributed by atoms with Gasteiger partial charge in [0.1, 0.15) is 5.76 Å². The number of piperazine rings is 1. The lowest BCUT2D eigenvalue weighted by Gasteiger charge is -2.34. The SMILES string of the molecule is Cc1cc(CC(=O)NCC2(CN3CCN(C)CC3)CC2)on1. The van der Waals surface area contributed by atoms with E-state index in [4.69, 9.17) is 4.52 Å². The highest BCUT2D eigenvalue weighted by molar-refractivity contribution is 5.78. The first kappa shape index (κ1) is 15.5. The summed E-state index contributed by atoms with van der Waals surface area (Å²) < 4.78 is 5.09. The molecule has 0 unspecified atom stereocenters. The van der Waals surface area contributed by atoms with Crippen LogP contribution in [0.3, 0.4) is 0 Å². The first-order chi connectivity index (χ1) is 10.5. The van der Waals surface area contributed by atoms with Crippen molar-refractivity contribution in [1.29, 1.82) is 0 Å². The molecule has 1 saturated carbocycles. The molecule has 6 nitrogen and oxygen atoms in total. The van der Waals surface area contributed by atoms with E-state index < -0.39 is 0 Å². The number of carbonyl (C=O) groups excluding carboxylic acids is 1. The molecule has 2 aliphatic rings. The van der Waals surface area contributed by atoms with Crippen LogP contribution in [0.4, 0.5) is 0 Å². The Hall–Kier alpha value is -1.40. The van der Waals surface area contributed by atoms with Gasteiger partial charge in [-0.3, -0.25) is 4.79 Å². The molecule has 6 heteroatoms. The van der Waals surface area contributed by atoms with Gasteiger partial charge in [-0.2, -0.15) is 0 Å². The van der Waals surface area contributed by atoms with Crippen molar-refractivity contribution in [3.05, 3.63) is 17.5 Å². The Morgan fingerprint density at radius 3 is 2.68 bits per heavy atom. The highest BCUT2D eigenvalue weighted by Crippen LogP contribution is 2.45. The summed E-state index contributed by atoms with van der Waals surface area (Å²) in [5, 5.41) is 6.89. The largest absolute Gasteiger partial charge is 0.361 e. The summed E-state index contributed by atoms with van der Waals surface area (Å²) in [5.41, 5.74) is 1.12. The molecule has 0 aromatic carbocycles. The number of likely N-dealkylation sites (N-methyl/N-ethyl adjacent to an activating group) is 1. The van der Waals surface area contributed by atoms with E-state index in [0.29, 0.717) is 11.2 Å². The zero-order chi connectivity index (χ0) is 15.6. The highest BCUT2D eigenvalue weighted by Gasteiger charge is 2.44. The zero-order valence-electron chi connectivity index (χ0n) is 13.6. The number of aromatic nitrogens is 1. The zero-order valence-corrected chi connectivity index (χ0v) is 13.6. The molecular weight excluding hydrogens is 280 g/mol. The Bertz CT molecular complexity index is 516. The molecule has 1 saturated heterocycles. The van der Waals surface area contributed by atoms with Crippen molar-refractivity contribution in [2.75, 3.05) is 46.3 Å². The Morgan fingerprint density at radius 1 is 1.36 bits per heavy atom. The minimum atomic E-state index is 0.0285. The lowest BCUT2D eigenvalue weighted by atomic mass is 10.1. The molecular formula is C16H26N4O2. The minimum Gasteiger partial charge on any atom is -0.361 e. The summed E-state index contributed by atoms with van der Waals surface area (Å²) >= 11 is 0. The van der Waals surface area contributed by atoms with E-state index in [1.807, 2.05) is 13.0 Å². The monoisotopic (exact) mass is 306 g/mol. The third-order valence-electron chi connectivity index (χ3n) is 4.78. The second-order valence-corrected chi connectivity index (χ2v) is 6.97. The van der Waals surface area contributed by atoms with Crippen LogP contribution in [0.15, 0.2) is 10.6 Å². The molecule has 3 rings (SSSR count). The predicted molar refractivity (Wildman–Crippen MR) is 83.6 cm³/mol. The van der Waals surface area contributed by atoms with Gasteiger partial charge in [-0.05, 0) is 26.8 Å². The standard InChI is InChI=1S/C16H26N4O2/c1-13-9-14(22-18-13)10-15(21)17-11-16(3-4-16)12-20-7-5-19(2)6-8-20/h9H,3-8,10-12H2,1-2H3,(H,17,21). The molecule has 0 bridgehead atoms. The van der Waals surface area contributed by atoms with Crippen molar-refractivity contribution in [2.45, 2.75) is 26.2 Å². The van der Waals surface area contributed by atoms with Gasteiger partial charge in [0.05, 0.1) is 12.1 Å². The first-order valence-corrected chi connectivity index (χ1v) is 8.15. The van der Waals surface area contributed by atoms with Gasteiger partial charge in [-0.15, -0.1) is 0 Å². The van der Waals surface area contributed by atoms with Crippen LogP contribution in [0.25, 0.3) is 0 Å². The van der Waals surface area contributed by atoms with Crippen LogP contribution in [0, 0.1) is 12.3 Å². The maximum Gasteiger partial charge on any atom is 0.227 e. The molecule has 1 amide bonds. The van der Waals surface area contributed by atoms with Crippen LogP contribution in [-0.4, -0.2) is 67.2 Å². The summed E-state index contributed by atoms with van der Waals surface area (Å²) in [6.07, 6.45) is 2.73. The number of nitrogens with one attached hydrogen (secondary N) is 1. The summed E-state index contributed by atoms with van der Waals surface area (Å²) in [4.78, 5) is 16.9. The maximum absolute atomic E-state index is 12.0. The van der Waals surface area contributed by atoms with E-state index >= 15 is 0 Å². The van der Waals surface area contributed by atoms with Gasteiger partial charge >= 0.3 is 0 Å². The lowest BCUT2D eigenvalue weighted by molar-refractivity contribution is -0.121. The minimum absolute atomic E-state index is 0.0285. The summed E-state index contributed by atoms with van der Waals surface area (Å²) in [7, 11) is 2.18. The van der Waals surface area contributed by atoms with Crippen LogP contribution in [0.5, 0.6) is 0 Å². The highest BCUT2D eigenvalue weighted by atomic mass is 16.5. The molecule has 1 N–H and O–H groups in total. The Balaban J connectivity index is 1.41. The molecule has 0 spiro atoms. The van der Waals surface area contributed by atoms with Crippen molar-refractivity contribution in [3.63, 3.8) is 0 Å². The van der Waals surface area contributed by atoms with Crippen molar-refractivity contribution < 1.29 is 9.32 Å². The molecule has 2 fully saturated rings. The molecule has 1 aliphatic heterocycles. The summed E-state index contributed by atoms with van der Waals surface area (Å²) in [6, 6.07) is 1.82. The van der Waals surface area contributed by atoms with Crippen LogP contribution >= 0.6 is 0 Å². The second kappa shape index (κ2) is 6.38. The molecule has 1 aliphatic carbocycles. The number of rotatable bonds is 6. The van der Waals surface area contributed by atoms with Gasteiger partial charge in [0.2, 0.25) is 5.91 Å². The van der Waals surface area contributed by atoms with E-state index in [0.717, 1.165) is 45.0 Å². The molecule has 0 atom stereocenters. The molecule has 1 aromatic rings. The average molecular weight is 306 g/mol. The van der Waals surface area contributed by atoms with Crippen LogP contribution in [-0.2, 0) is 11.2 Å². The number of aryl methyl sites for hydroxylation is 1. The molecule has 122 valence electrons. The Morgan fingerprint density at radius 2 is 2.09 bits per heavy atom. The quantitative estimate of drug-likeness (QED) is 0.837. The smallest absolute Gasteiger partial charge is 0.227 e. The van der Waals surface area contributed by atoms with E-state index in [9.17, 15) is 4.79 Å². The third-order valence-corrected chi connectivity index (χ3v) is 4.78. The van der Waals surface area contributed by atoms with Gasteiger partial charge in [-0.25, -0.2) is 0 Å². The third kappa shape index (κ3) is 4.08. The number of nitrogens with zero attached hydrogens (tertiary/aromatic N) is 3. The topological polar surface area (TPSA) is 61.6 Å². The van der Waals surface area contributed by atoms with Crippen molar-refractivity contribution >= 4 is 5.91 Å². The van der Waals surface area contributed by atoms with Crippen molar-refractivity contribution in [1.82, 2.24) is 20.3 Å². The van der Waals surface area contributed by atoms with E-state index in [1.165, 1.54) is 12.8 Å². The van der Waals surface area contributed by atoms with Gasteiger partial charge in [-0.1, -0.05) is 5.16 Å². The second-order valence-electron chi connectivity index (χ2n) is 6.97. The average Bonchev–Trinajstić information content (AvgIpc) is 3.14. The first-order valence-electron chi connectivity index (χ1n) is 8.15. The van der Waals surface area contributed by atoms with E-state index in [1.54, 1.807) is 0 Å². The van der Waals surface area contributed by atoms with Crippen LogP contribution in [0.2, 0.25) is 0 Å². The van der Waals surface area contributed by atoms with Gasteiger partial charge in [0.25, 0.3) is 0 Å². The van der Waals surface area contributed by atoms with Crippen molar-refractivity contribution in [2.24, 2.45) is 5.41 Å². The fourth-order valence-corrected chi connectivity index (χ4v) is 3.05. The fourth-order valence-electron chi connectivity index (χ4n) is 3.05. The molecule has 2 heterocycles. The number of amides is 1. The van der Waals surface area contributed by atoms with Crippen LogP contribution in [0.1, 0.15) is 24.3 Å². The molecule has 22 heavy (non-hydrogen) atoms. The van der Waals surface area contributed by atoms with Gasteiger partial charge in [0.15, 0.2) is 0 Å². The molecule has 0 radical (unpaired) electrons. The molecule has 1 aromatic heterocycles. The van der Waals surface area contributed by atoms with E-state index in [2.05, 4.69) is 27.3 Å². The summed E-state index contributed by atoms with van der Waals surface area (Å²) in [5.74, 6) is 0.666. The lowest BCUT2D eigenvalue weighted by Crippen LogP contribution is -2.48. The maximum atomic E-state index is 12.0. The number of hydrogen-bond acceptors (Lipinski definition) is 5. The number of hydrogen-bond donors (Lipinski definition) is 1. The number of carbonyl (C=O) groups is 1. The van der Waals surface area contributed by atoms with Crippen molar-refractivity contribution in [3.8, 4) is 0 Å². The Kier molecular flexibility index (Phi) is 4.49. The predicted octanol–water partition coefficient (Wildman–Crippen LogP) is 0.669. The van der Waals surface area contributed by atoms with E-state index in [-0.39, 0.29) is 12.3 Å².